The van der Waals surface area contributed by atoms with Crippen LogP contribution in [0.1, 0.15) is 12.5 Å². The summed E-state index contributed by atoms with van der Waals surface area (Å²) in [5.74, 6) is 1.58. The van der Waals surface area contributed by atoms with Crippen LogP contribution in [-0.4, -0.2) is 27.6 Å². The fourth-order valence-corrected chi connectivity index (χ4v) is 3.05. The summed E-state index contributed by atoms with van der Waals surface area (Å²) in [6, 6.07) is 19.4. The summed E-state index contributed by atoms with van der Waals surface area (Å²) in [6.45, 7) is 2.13. The lowest BCUT2D eigenvalue weighted by atomic mass is 10.1. The smallest absolute Gasteiger partial charge is 0.221 e. The van der Waals surface area contributed by atoms with Gasteiger partial charge in [-0.2, -0.15) is 9.61 Å². The van der Waals surface area contributed by atoms with Crippen LogP contribution in [0.4, 0.5) is 11.5 Å². The summed E-state index contributed by atoms with van der Waals surface area (Å²) in [5.41, 5.74) is 4.42. The number of ether oxygens (including phenoxy) is 1. The van der Waals surface area contributed by atoms with Crippen LogP contribution in [0.2, 0.25) is 0 Å². The Morgan fingerprint density at radius 2 is 1.83 bits per heavy atom. The maximum absolute atomic E-state index is 11.2. The van der Waals surface area contributed by atoms with Gasteiger partial charge in [-0.1, -0.05) is 24.3 Å². The molecule has 4 rings (SSSR count). The van der Waals surface area contributed by atoms with E-state index in [2.05, 4.69) is 15.7 Å². The van der Waals surface area contributed by atoms with Gasteiger partial charge in [0.2, 0.25) is 5.91 Å². The Morgan fingerprint density at radius 3 is 2.52 bits per heavy atom. The van der Waals surface area contributed by atoms with Crippen molar-refractivity contribution < 1.29 is 9.53 Å². The standard InChI is InChI=1S/C22H21N5O2/c1-15(28)25-18-7-5-17(6-8-18)20-13-22(27-21(26-20)11-12-24-27)23-14-16-3-9-19(29-2)10-4-16/h3-13,23H,14H2,1-2H3,(H,25,28). The van der Waals surface area contributed by atoms with Crippen LogP contribution in [0.25, 0.3) is 16.9 Å². The number of aromatic nitrogens is 3. The van der Waals surface area contributed by atoms with Crippen LogP contribution >= 0.6 is 0 Å². The predicted molar refractivity (Wildman–Crippen MR) is 113 cm³/mol. The lowest BCUT2D eigenvalue weighted by Crippen LogP contribution is -2.07. The molecule has 146 valence electrons. The molecule has 7 nitrogen and oxygen atoms in total. The number of nitrogens with zero attached hydrogens (tertiary/aromatic N) is 3. The minimum Gasteiger partial charge on any atom is -0.497 e. The number of carbonyl (C=O) groups is 1. The van der Waals surface area contributed by atoms with Crippen LogP contribution in [-0.2, 0) is 11.3 Å². The quantitative estimate of drug-likeness (QED) is 0.523. The molecule has 0 aliphatic rings. The van der Waals surface area contributed by atoms with Gasteiger partial charge in [-0.3, -0.25) is 4.79 Å². The Kier molecular flexibility index (Phi) is 5.11. The molecule has 29 heavy (non-hydrogen) atoms. The van der Waals surface area contributed by atoms with Crippen molar-refractivity contribution in [3.05, 3.63) is 72.4 Å². The molecule has 0 radical (unpaired) electrons. The Morgan fingerprint density at radius 1 is 1.07 bits per heavy atom. The van der Waals surface area contributed by atoms with Crippen molar-refractivity contribution in [2.24, 2.45) is 0 Å². The van der Waals surface area contributed by atoms with E-state index in [-0.39, 0.29) is 5.91 Å². The topological polar surface area (TPSA) is 80.5 Å². The molecule has 0 atom stereocenters. The van der Waals surface area contributed by atoms with Crippen LogP contribution in [0.15, 0.2) is 66.9 Å². The number of amides is 1. The first-order chi connectivity index (χ1) is 14.1. The van der Waals surface area contributed by atoms with E-state index in [0.717, 1.165) is 39.7 Å². The van der Waals surface area contributed by atoms with E-state index in [9.17, 15) is 4.79 Å². The van der Waals surface area contributed by atoms with E-state index in [4.69, 9.17) is 9.72 Å². The number of nitrogens with one attached hydrogen (secondary N) is 2. The lowest BCUT2D eigenvalue weighted by molar-refractivity contribution is -0.114. The Bertz CT molecular complexity index is 1130. The van der Waals surface area contributed by atoms with Crippen LogP contribution < -0.4 is 15.4 Å². The lowest BCUT2D eigenvalue weighted by Gasteiger charge is -2.11. The van der Waals surface area contributed by atoms with Crippen molar-refractivity contribution >= 4 is 23.1 Å². The zero-order valence-corrected chi connectivity index (χ0v) is 16.2. The molecule has 0 saturated heterocycles. The zero-order valence-electron chi connectivity index (χ0n) is 16.2. The largest absolute Gasteiger partial charge is 0.497 e. The van der Waals surface area contributed by atoms with E-state index < -0.39 is 0 Å². The fourth-order valence-electron chi connectivity index (χ4n) is 3.05. The molecule has 2 N–H and O–H groups in total. The molecule has 0 unspecified atom stereocenters. The number of fused-ring (bicyclic) bond motifs is 1. The van der Waals surface area contributed by atoms with Crippen LogP contribution in [0, 0.1) is 0 Å². The van der Waals surface area contributed by atoms with Crippen molar-refractivity contribution in [3.8, 4) is 17.0 Å². The Hall–Kier alpha value is -3.87. The minimum absolute atomic E-state index is 0.0958. The first kappa shape index (κ1) is 18.5. The maximum atomic E-state index is 11.2. The van der Waals surface area contributed by atoms with Gasteiger partial charge in [0, 0.05) is 36.9 Å². The third kappa shape index (κ3) is 4.19. The van der Waals surface area contributed by atoms with E-state index in [0.29, 0.717) is 6.54 Å². The van der Waals surface area contributed by atoms with E-state index in [1.54, 1.807) is 17.8 Å². The molecule has 0 saturated carbocycles. The second-order valence-corrected chi connectivity index (χ2v) is 6.59. The van der Waals surface area contributed by atoms with Gasteiger partial charge in [0.05, 0.1) is 19.0 Å². The highest BCUT2D eigenvalue weighted by Gasteiger charge is 2.09. The summed E-state index contributed by atoms with van der Waals surface area (Å²) < 4.78 is 6.98. The van der Waals surface area contributed by atoms with Gasteiger partial charge in [0.15, 0.2) is 5.65 Å². The maximum Gasteiger partial charge on any atom is 0.221 e. The van der Waals surface area contributed by atoms with Gasteiger partial charge in [0.25, 0.3) is 0 Å². The Balaban J connectivity index is 1.60. The Labute approximate surface area is 168 Å². The summed E-state index contributed by atoms with van der Waals surface area (Å²) in [7, 11) is 1.66. The molecule has 2 heterocycles. The average Bonchev–Trinajstić information content (AvgIpc) is 3.21. The third-order valence-electron chi connectivity index (χ3n) is 4.49. The van der Waals surface area contributed by atoms with Gasteiger partial charge in [-0.15, -0.1) is 0 Å². The molecular formula is C22H21N5O2. The number of benzene rings is 2. The van der Waals surface area contributed by atoms with Gasteiger partial charge < -0.3 is 15.4 Å². The van der Waals surface area contributed by atoms with E-state index >= 15 is 0 Å². The van der Waals surface area contributed by atoms with Gasteiger partial charge in [0.1, 0.15) is 11.6 Å². The van der Waals surface area contributed by atoms with Crippen LogP contribution in [0.5, 0.6) is 5.75 Å². The second kappa shape index (κ2) is 8.02. The SMILES string of the molecule is COc1ccc(CNc2cc(-c3ccc(NC(C)=O)cc3)nc3ccnn23)cc1. The van der Waals surface area contributed by atoms with Crippen molar-refractivity contribution in [3.63, 3.8) is 0 Å². The monoisotopic (exact) mass is 387 g/mol. The number of methoxy groups -OCH3 is 1. The molecule has 2 aromatic heterocycles. The normalized spacial score (nSPS) is 10.7. The molecule has 0 spiro atoms. The highest BCUT2D eigenvalue weighted by Crippen LogP contribution is 2.24. The van der Waals surface area contributed by atoms with E-state index in [1.165, 1.54) is 6.92 Å². The summed E-state index contributed by atoms with van der Waals surface area (Å²) in [4.78, 5) is 15.9. The molecular weight excluding hydrogens is 366 g/mol. The predicted octanol–water partition coefficient (Wildman–Crippen LogP) is 3.98. The van der Waals surface area contributed by atoms with Gasteiger partial charge >= 0.3 is 0 Å². The highest BCUT2D eigenvalue weighted by atomic mass is 16.5. The molecule has 2 aromatic carbocycles. The van der Waals surface area contributed by atoms with E-state index in [1.807, 2.05) is 60.7 Å². The minimum atomic E-state index is -0.0958. The molecule has 0 bridgehead atoms. The first-order valence-corrected chi connectivity index (χ1v) is 9.22. The summed E-state index contributed by atoms with van der Waals surface area (Å²) >= 11 is 0. The third-order valence-corrected chi connectivity index (χ3v) is 4.49. The number of hydrogen-bond donors (Lipinski definition) is 2. The number of carbonyl (C=O) groups excluding carboxylic acids is 1. The number of hydrogen-bond acceptors (Lipinski definition) is 5. The van der Waals surface area contributed by atoms with Crippen molar-refractivity contribution in [1.82, 2.24) is 14.6 Å². The number of rotatable bonds is 6. The number of anilines is 2. The van der Waals surface area contributed by atoms with Gasteiger partial charge in [-0.05, 0) is 29.8 Å². The highest BCUT2D eigenvalue weighted by molar-refractivity contribution is 5.89. The van der Waals surface area contributed by atoms with Gasteiger partial charge in [-0.25, -0.2) is 4.98 Å². The molecule has 4 aromatic rings. The van der Waals surface area contributed by atoms with Crippen molar-refractivity contribution in [1.29, 1.82) is 0 Å². The first-order valence-electron chi connectivity index (χ1n) is 9.22. The van der Waals surface area contributed by atoms with Crippen molar-refractivity contribution in [2.75, 3.05) is 17.7 Å². The average molecular weight is 387 g/mol. The molecule has 1 amide bonds. The van der Waals surface area contributed by atoms with Crippen molar-refractivity contribution in [2.45, 2.75) is 13.5 Å². The summed E-state index contributed by atoms with van der Waals surface area (Å²) in [5, 5.41) is 10.6. The fraction of sp³-hybridized carbons (Fsp3) is 0.136. The molecule has 0 fully saturated rings. The van der Waals surface area contributed by atoms with Crippen LogP contribution in [0.3, 0.4) is 0 Å². The zero-order chi connectivity index (χ0) is 20.2. The molecule has 0 aliphatic carbocycles. The molecule has 0 aliphatic heterocycles. The second-order valence-electron chi connectivity index (χ2n) is 6.59. The molecule has 7 heteroatoms. The summed E-state index contributed by atoms with van der Waals surface area (Å²) in [6.07, 6.45) is 1.73.